The Morgan fingerprint density at radius 1 is 1.36 bits per heavy atom. The molecule has 1 aliphatic rings. The number of amides is 1. The molecule has 0 saturated carbocycles. The summed E-state index contributed by atoms with van der Waals surface area (Å²) in [5.41, 5.74) is -0.0918. The molecule has 0 unspecified atom stereocenters. The fourth-order valence-corrected chi connectivity index (χ4v) is 3.89. The van der Waals surface area contributed by atoms with Crippen LogP contribution in [0, 0.1) is 5.82 Å². The minimum Gasteiger partial charge on any atom is -0.497 e. The first-order valence-electron chi connectivity index (χ1n) is 6.85. The van der Waals surface area contributed by atoms with E-state index in [0.717, 1.165) is 12.3 Å². The Balaban J connectivity index is 2.33. The molecular weight excluding hydrogens is 311 g/mol. The number of hydrogen-bond acceptors (Lipinski definition) is 5. The van der Waals surface area contributed by atoms with E-state index in [4.69, 9.17) is 4.74 Å². The van der Waals surface area contributed by atoms with Gasteiger partial charge in [0.2, 0.25) is 5.91 Å². The number of benzene rings is 1. The molecule has 0 radical (unpaired) electrons. The first-order valence-corrected chi connectivity index (χ1v) is 8.74. The molecular formula is C14H19FN2O4S. The lowest BCUT2D eigenvalue weighted by Gasteiger charge is -2.34. The Morgan fingerprint density at radius 2 is 2.00 bits per heavy atom. The number of methoxy groups -OCH3 is 1. The van der Waals surface area contributed by atoms with E-state index < -0.39 is 26.3 Å². The molecule has 0 atom stereocenters. The molecule has 1 amide bonds. The normalized spacial score (nSPS) is 17.8. The van der Waals surface area contributed by atoms with Gasteiger partial charge in [-0.15, -0.1) is 0 Å². The molecule has 1 saturated heterocycles. The number of piperidine rings is 1. The number of hydrogen-bond donors (Lipinski definition) is 2. The van der Waals surface area contributed by atoms with Crippen LogP contribution in [0.1, 0.15) is 12.8 Å². The molecule has 2 rings (SSSR count). The van der Waals surface area contributed by atoms with Crippen molar-refractivity contribution in [2.45, 2.75) is 17.6 Å². The molecule has 1 fully saturated rings. The molecule has 0 aromatic heterocycles. The van der Waals surface area contributed by atoms with Gasteiger partial charge in [0.1, 0.15) is 11.6 Å². The van der Waals surface area contributed by atoms with E-state index in [1.807, 2.05) is 0 Å². The molecule has 8 heteroatoms. The first-order chi connectivity index (χ1) is 10.3. The number of sulfone groups is 1. The summed E-state index contributed by atoms with van der Waals surface area (Å²) < 4.78 is 41.6. The van der Waals surface area contributed by atoms with Crippen molar-refractivity contribution in [3.8, 4) is 5.75 Å². The number of rotatable bonds is 4. The first kappa shape index (κ1) is 16.7. The largest absolute Gasteiger partial charge is 0.497 e. The molecule has 0 spiro atoms. The van der Waals surface area contributed by atoms with Crippen LogP contribution in [-0.2, 0) is 14.6 Å². The van der Waals surface area contributed by atoms with Crippen molar-refractivity contribution >= 4 is 21.4 Å². The molecule has 1 heterocycles. The number of carbonyl (C=O) groups excluding carboxylic acids is 1. The second-order valence-corrected chi connectivity index (χ2v) is 7.64. The lowest BCUT2D eigenvalue weighted by molar-refractivity contribution is -0.119. The number of nitrogens with one attached hydrogen (secondary N) is 2. The van der Waals surface area contributed by atoms with Crippen LogP contribution in [0.5, 0.6) is 5.75 Å². The smallest absolute Gasteiger partial charge is 0.246 e. The zero-order valence-corrected chi connectivity index (χ0v) is 13.3. The maximum absolute atomic E-state index is 13.8. The molecule has 122 valence electrons. The predicted octanol–water partition coefficient (Wildman–Crippen LogP) is 0.940. The van der Waals surface area contributed by atoms with Crippen LogP contribution in [0.25, 0.3) is 0 Å². The highest BCUT2D eigenvalue weighted by molar-refractivity contribution is 7.92. The molecule has 0 bridgehead atoms. The number of anilines is 1. The molecule has 1 aromatic carbocycles. The van der Waals surface area contributed by atoms with E-state index in [1.54, 1.807) is 0 Å². The van der Waals surface area contributed by atoms with Gasteiger partial charge in [0, 0.05) is 12.3 Å². The van der Waals surface area contributed by atoms with Crippen molar-refractivity contribution in [3.63, 3.8) is 0 Å². The van der Waals surface area contributed by atoms with Crippen LogP contribution in [-0.4, -0.2) is 45.5 Å². The van der Waals surface area contributed by atoms with Crippen LogP contribution < -0.4 is 15.4 Å². The van der Waals surface area contributed by atoms with Gasteiger partial charge in [-0.2, -0.15) is 0 Å². The monoisotopic (exact) mass is 330 g/mol. The van der Waals surface area contributed by atoms with Crippen molar-refractivity contribution < 1.29 is 22.3 Å². The lowest BCUT2D eigenvalue weighted by atomic mass is 9.95. The average molecular weight is 330 g/mol. The van der Waals surface area contributed by atoms with Crippen molar-refractivity contribution in [2.75, 3.05) is 31.8 Å². The van der Waals surface area contributed by atoms with Crippen LogP contribution in [0.2, 0.25) is 0 Å². The van der Waals surface area contributed by atoms with Crippen LogP contribution in [0.15, 0.2) is 18.2 Å². The van der Waals surface area contributed by atoms with E-state index in [-0.39, 0.29) is 18.5 Å². The van der Waals surface area contributed by atoms with Gasteiger partial charge >= 0.3 is 0 Å². The van der Waals surface area contributed by atoms with E-state index in [1.165, 1.54) is 19.2 Å². The SMILES string of the molecule is COc1ccc(F)c(NC(=O)C2(S(C)(=O)=O)CCNCC2)c1. The van der Waals surface area contributed by atoms with Gasteiger partial charge in [0.25, 0.3) is 0 Å². The zero-order valence-electron chi connectivity index (χ0n) is 12.5. The summed E-state index contributed by atoms with van der Waals surface area (Å²) in [5.74, 6) is -0.981. The summed E-state index contributed by atoms with van der Waals surface area (Å²) in [6, 6.07) is 3.90. The fraction of sp³-hybridized carbons (Fsp3) is 0.500. The minimum absolute atomic E-state index is 0.0918. The quantitative estimate of drug-likeness (QED) is 0.858. The fourth-order valence-electron chi connectivity index (χ4n) is 2.56. The summed E-state index contributed by atoms with van der Waals surface area (Å²) in [4.78, 5) is 12.6. The summed E-state index contributed by atoms with van der Waals surface area (Å²) in [6.45, 7) is 0.835. The predicted molar refractivity (Wildman–Crippen MR) is 81.3 cm³/mol. The zero-order chi connectivity index (χ0) is 16.4. The van der Waals surface area contributed by atoms with Crippen molar-refractivity contribution in [2.24, 2.45) is 0 Å². The van der Waals surface area contributed by atoms with Gasteiger partial charge in [-0.1, -0.05) is 0 Å². The van der Waals surface area contributed by atoms with Crippen LogP contribution >= 0.6 is 0 Å². The molecule has 1 aliphatic heterocycles. The third kappa shape index (κ3) is 3.07. The number of ether oxygens (including phenoxy) is 1. The van der Waals surface area contributed by atoms with E-state index in [9.17, 15) is 17.6 Å². The van der Waals surface area contributed by atoms with E-state index in [2.05, 4.69) is 10.6 Å². The van der Waals surface area contributed by atoms with E-state index in [0.29, 0.717) is 18.8 Å². The molecule has 2 N–H and O–H groups in total. The van der Waals surface area contributed by atoms with Crippen molar-refractivity contribution in [1.82, 2.24) is 5.32 Å². The average Bonchev–Trinajstić information content (AvgIpc) is 2.49. The molecule has 22 heavy (non-hydrogen) atoms. The highest BCUT2D eigenvalue weighted by Gasteiger charge is 2.48. The van der Waals surface area contributed by atoms with Crippen LogP contribution in [0.3, 0.4) is 0 Å². The van der Waals surface area contributed by atoms with Gasteiger partial charge in [-0.3, -0.25) is 4.79 Å². The highest BCUT2D eigenvalue weighted by atomic mass is 32.2. The Morgan fingerprint density at radius 3 is 2.55 bits per heavy atom. The third-order valence-electron chi connectivity index (χ3n) is 3.96. The second-order valence-electron chi connectivity index (χ2n) is 5.32. The Hall–Kier alpha value is -1.67. The molecule has 1 aromatic rings. The van der Waals surface area contributed by atoms with Crippen LogP contribution in [0.4, 0.5) is 10.1 Å². The maximum Gasteiger partial charge on any atom is 0.246 e. The van der Waals surface area contributed by atoms with Gasteiger partial charge in [-0.05, 0) is 38.1 Å². The minimum atomic E-state index is -3.64. The van der Waals surface area contributed by atoms with Gasteiger partial charge in [0.15, 0.2) is 14.6 Å². The maximum atomic E-state index is 13.8. The summed E-state index contributed by atoms with van der Waals surface area (Å²) in [6.07, 6.45) is 1.35. The molecule has 6 nitrogen and oxygen atoms in total. The standard InChI is InChI=1S/C14H19FN2O4S/c1-21-10-3-4-11(15)12(9-10)17-13(18)14(22(2,19)20)5-7-16-8-6-14/h3-4,9,16H,5-8H2,1-2H3,(H,17,18). The van der Waals surface area contributed by atoms with Gasteiger partial charge in [0.05, 0.1) is 12.8 Å². The number of carbonyl (C=O) groups is 1. The summed E-state index contributed by atoms with van der Waals surface area (Å²) in [5, 5.41) is 5.42. The summed E-state index contributed by atoms with van der Waals surface area (Å²) >= 11 is 0. The Kier molecular flexibility index (Phi) is 4.72. The van der Waals surface area contributed by atoms with Crippen molar-refractivity contribution in [1.29, 1.82) is 0 Å². The van der Waals surface area contributed by atoms with Gasteiger partial charge < -0.3 is 15.4 Å². The topological polar surface area (TPSA) is 84.5 Å². The molecule has 0 aliphatic carbocycles. The van der Waals surface area contributed by atoms with E-state index >= 15 is 0 Å². The lowest BCUT2D eigenvalue weighted by Crippen LogP contribution is -2.55. The number of halogens is 1. The second kappa shape index (κ2) is 6.21. The Bertz CT molecular complexity index is 669. The third-order valence-corrected chi connectivity index (χ3v) is 5.97. The summed E-state index contributed by atoms with van der Waals surface area (Å²) in [7, 11) is -2.22. The van der Waals surface area contributed by atoms with Gasteiger partial charge in [-0.25, -0.2) is 12.8 Å². The highest BCUT2D eigenvalue weighted by Crippen LogP contribution is 2.30. The van der Waals surface area contributed by atoms with Crippen molar-refractivity contribution in [3.05, 3.63) is 24.0 Å². The Labute approximate surface area is 129 Å².